The van der Waals surface area contributed by atoms with Crippen LogP contribution in [0.25, 0.3) is 0 Å². The Morgan fingerprint density at radius 1 is 0.419 bits per heavy atom. The van der Waals surface area contributed by atoms with Crippen LogP contribution in [0.5, 0.6) is 0 Å². The molecule has 0 atom stereocenters. The Kier molecular flexibility index (Phi) is 41.9. The van der Waals surface area contributed by atoms with E-state index in [4.69, 9.17) is 15.3 Å². The van der Waals surface area contributed by atoms with Crippen LogP contribution in [0.1, 0.15) is 136 Å². The first kappa shape index (κ1) is 37.9. The fourth-order valence-corrected chi connectivity index (χ4v) is 2.64. The maximum atomic E-state index is 10.0. The Labute approximate surface area is 219 Å². The molecule has 31 heavy (non-hydrogen) atoms. The summed E-state index contributed by atoms with van der Waals surface area (Å²) < 4.78 is 0. The summed E-state index contributed by atoms with van der Waals surface area (Å²) in [6.07, 6.45) is 17.7. The summed E-state index contributed by atoms with van der Waals surface area (Å²) in [5.74, 6) is -2.01. The summed E-state index contributed by atoms with van der Waals surface area (Å²) in [4.78, 5) is 30.1. The van der Waals surface area contributed by atoms with Gasteiger partial charge in [0.25, 0.3) is 0 Å². The van der Waals surface area contributed by atoms with E-state index in [0.29, 0.717) is 19.3 Å². The van der Waals surface area contributed by atoms with Crippen molar-refractivity contribution in [2.45, 2.75) is 136 Å². The molecular weight excluding hydrogens is 559 g/mol. The third kappa shape index (κ3) is 53.2. The zero-order chi connectivity index (χ0) is 23.5. The number of carbonyl (C=O) groups is 3. The standard InChI is InChI=1S/3C8H16O2.Lu/c3*1-2-3-4-5-6-7-8(9)10;/h3*2-7H2,1H3,(H,9,10);. The topological polar surface area (TPSA) is 112 Å². The fourth-order valence-electron chi connectivity index (χ4n) is 2.64. The first-order valence-electron chi connectivity index (χ1n) is 12.0. The van der Waals surface area contributed by atoms with Crippen molar-refractivity contribution >= 4 is 17.9 Å². The van der Waals surface area contributed by atoms with Gasteiger partial charge in [0, 0.05) is 56.1 Å². The van der Waals surface area contributed by atoms with Crippen molar-refractivity contribution in [2.24, 2.45) is 0 Å². The van der Waals surface area contributed by atoms with E-state index < -0.39 is 17.9 Å². The van der Waals surface area contributed by atoms with Gasteiger partial charge in [0.15, 0.2) is 0 Å². The molecule has 0 aromatic rings. The minimum Gasteiger partial charge on any atom is -0.481 e. The van der Waals surface area contributed by atoms with Gasteiger partial charge in [0.1, 0.15) is 0 Å². The van der Waals surface area contributed by atoms with Crippen LogP contribution < -0.4 is 0 Å². The molecule has 7 heteroatoms. The maximum absolute atomic E-state index is 10.0. The fraction of sp³-hybridized carbons (Fsp3) is 0.875. The Hall–Kier alpha value is -0.356. The molecule has 0 aliphatic heterocycles. The van der Waals surface area contributed by atoms with Gasteiger partial charge in [-0.25, -0.2) is 0 Å². The largest absolute Gasteiger partial charge is 0.481 e. The van der Waals surface area contributed by atoms with Gasteiger partial charge < -0.3 is 15.3 Å². The van der Waals surface area contributed by atoms with Gasteiger partial charge in [0.2, 0.25) is 0 Å². The van der Waals surface area contributed by atoms with Gasteiger partial charge in [-0.2, -0.15) is 0 Å². The molecule has 0 aliphatic rings. The third-order valence-corrected chi connectivity index (χ3v) is 4.48. The van der Waals surface area contributed by atoms with Crippen LogP contribution in [-0.4, -0.2) is 33.2 Å². The summed E-state index contributed by atoms with van der Waals surface area (Å²) in [6.45, 7) is 6.45. The van der Waals surface area contributed by atoms with Crippen LogP contribution in [0.4, 0.5) is 0 Å². The molecule has 1 radical (unpaired) electrons. The predicted molar refractivity (Wildman–Crippen MR) is 123 cm³/mol. The quantitative estimate of drug-likeness (QED) is 0.141. The van der Waals surface area contributed by atoms with E-state index in [0.717, 1.165) is 38.5 Å². The number of hydrogen-bond donors (Lipinski definition) is 3. The van der Waals surface area contributed by atoms with E-state index in [1.807, 2.05) is 0 Å². The monoisotopic (exact) mass is 607 g/mol. The second-order valence-corrected chi connectivity index (χ2v) is 7.67. The van der Waals surface area contributed by atoms with Crippen molar-refractivity contribution in [1.29, 1.82) is 0 Å². The molecule has 0 aromatic carbocycles. The molecule has 0 rings (SSSR count). The molecule has 0 fully saturated rings. The zero-order valence-electron chi connectivity index (χ0n) is 20.1. The van der Waals surface area contributed by atoms with Crippen LogP contribution in [0, 0.1) is 36.9 Å². The summed E-state index contributed by atoms with van der Waals surface area (Å²) >= 11 is 0. The van der Waals surface area contributed by atoms with Crippen LogP contribution in [0.3, 0.4) is 0 Å². The van der Waals surface area contributed by atoms with Gasteiger partial charge in [-0.05, 0) is 19.3 Å². The smallest absolute Gasteiger partial charge is 0.303 e. The zero-order valence-corrected chi connectivity index (χ0v) is 21.7. The molecule has 0 spiro atoms. The third-order valence-electron chi connectivity index (χ3n) is 4.48. The average molecular weight is 608 g/mol. The number of hydrogen-bond acceptors (Lipinski definition) is 3. The van der Waals surface area contributed by atoms with Gasteiger partial charge in [-0.3, -0.25) is 14.4 Å². The Morgan fingerprint density at radius 2 is 0.613 bits per heavy atom. The molecule has 0 amide bonds. The summed E-state index contributed by atoms with van der Waals surface area (Å²) in [7, 11) is 0. The summed E-state index contributed by atoms with van der Waals surface area (Å²) in [5.41, 5.74) is 0. The van der Waals surface area contributed by atoms with E-state index in [2.05, 4.69) is 20.8 Å². The molecule has 0 unspecified atom stereocenters. The number of carboxylic acid groups (broad SMARTS) is 3. The van der Waals surface area contributed by atoms with Crippen molar-refractivity contribution in [3.8, 4) is 0 Å². The van der Waals surface area contributed by atoms with Crippen LogP contribution in [0.15, 0.2) is 0 Å². The molecular formula is C24H48LuO6. The van der Waals surface area contributed by atoms with E-state index >= 15 is 0 Å². The van der Waals surface area contributed by atoms with Gasteiger partial charge >= 0.3 is 17.9 Å². The molecule has 0 aromatic heterocycles. The van der Waals surface area contributed by atoms with E-state index in [-0.39, 0.29) is 36.9 Å². The van der Waals surface area contributed by atoms with Gasteiger partial charge in [0.05, 0.1) is 0 Å². The summed E-state index contributed by atoms with van der Waals surface area (Å²) in [5, 5.41) is 24.8. The number of aliphatic carboxylic acids is 3. The number of rotatable bonds is 18. The Morgan fingerprint density at radius 3 is 0.774 bits per heavy atom. The molecule has 195 valence electrons. The Bertz CT molecular complexity index is 331. The molecule has 0 bridgehead atoms. The SMILES string of the molecule is CCCCCCCC(=O)O.CCCCCCCC(=O)O.CCCCCCCC(=O)O.[Lu]. The van der Waals surface area contributed by atoms with Crippen molar-refractivity contribution in [1.82, 2.24) is 0 Å². The van der Waals surface area contributed by atoms with E-state index in [1.54, 1.807) is 0 Å². The van der Waals surface area contributed by atoms with Gasteiger partial charge in [-0.15, -0.1) is 0 Å². The molecule has 0 saturated carbocycles. The second kappa shape index (κ2) is 34.3. The van der Waals surface area contributed by atoms with Crippen LogP contribution >= 0.6 is 0 Å². The van der Waals surface area contributed by atoms with Crippen LogP contribution in [0.2, 0.25) is 0 Å². The van der Waals surface area contributed by atoms with Crippen LogP contribution in [-0.2, 0) is 14.4 Å². The van der Waals surface area contributed by atoms with Crippen molar-refractivity contribution in [3.05, 3.63) is 0 Å². The Balaban J connectivity index is -0.000000174. The molecule has 0 saturated heterocycles. The van der Waals surface area contributed by atoms with E-state index in [1.165, 1.54) is 57.8 Å². The molecule has 0 heterocycles. The van der Waals surface area contributed by atoms with E-state index in [9.17, 15) is 14.4 Å². The van der Waals surface area contributed by atoms with Crippen molar-refractivity contribution < 1.29 is 66.6 Å². The molecule has 6 nitrogen and oxygen atoms in total. The maximum Gasteiger partial charge on any atom is 0.303 e. The average Bonchev–Trinajstić information content (AvgIpc) is 2.68. The minimum absolute atomic E-state index is 0. The molecule has 3 N–H and O–H groups in total. The first-order chi connectivity index (χ1) is 14.3. The normalized spacial score (nSPS) is 9.39. The first-order valence-corrected chi connectivity index (χ1v) is 12.0. The minimum atomic E-state index is -0.670. The number of carboxylic acids is 3. The predicted octanol–water partition coefficient (Wildman–Crippen LogP) is 7.29. The van der Waals surface area contributed by atoms with Gasteiger partial charge in [-0.1, -0.05) is 97.8 Å². The van der Waals surface area contributed by atoms with Crippen molar-refractivity contribution in [2.75, 3.05) is 0 Å². The second-order valence-electron chi connectivity index (χ2n) is 7.67. The molecule has 0 aliphatic carbocycles. The summed E-state index contributed by atoms with van der Waals surface area (Å²) in [6, 6.07) is 0. The number of unbranched alkanes of at least 4 members (excludes halogenated alkanes) is 12. The van der Waals surface area contributed by atoms with Crippen molar-refractivity contribution in [3.63, 3.8) is 0 Å².